The fraction of sp³-hybridized carbons (Fsp3) is 0.438. The van der Waals surface area contributed by atoms with E-state index in [4.69, 9.17) is 4.74 Å². The second-order valence-electron chi connectivity index (χ2n) is 4.74. The topological polar surface area (TPSA) is 21.6 Å². The van der Waals surface area contributed by atoms with E-state index in [1.165, 1.54) is 24.0 Å². The third-order valence-electron chi connectivity index (χ3n) is 3.41. The van der Waals surface area contributed by atoms with Crippen molar-refractivity contribution in [1.29, 1.82) is 0 Å². The Morgan fingerprint density at radius 1 is 1.28 bits per heavy atom. The Morgan fingerprint density at radius 2 is 2.11 bits per heavy atom. The number of hydrogen-bond acceptors (Lipinski definition) is 2. The molecule has 1 aliphatic heterocycles. The monoisotopic (exact) mass is 243 g/mol. The highest BCUT2D eigenvalue weighted by molar-refractivity contribution is 5.81. The van der Waals surface area contributed by atoms with Gasteiger partial charge in [0.1, 0.15) is 0 Å². The van der Waals surface area contributed by atoms with E-state index >= 15 is 0 Å². The molecule has 0 bridgehead atoms. The summed E-state index contributed by atoms with van der Waals surface area (Å²) in [4.78, 5) is 4.50. The van der Waals surface area contributed by atoms with Crippen LogP contribution in [0.4, 0.5) is 0 Å². The van der Waals surface area contributed by atoms with Crippen LogP contribution < -0.4 is 0 Å². The predicted molar refractivity (Wildman–Crippen MR) is 76.9 cm³/mol. The zero-order valence-corrected chi connectivity index (χ0v) is 11.2. The van der Waals surface area contributed by atoms with E-state index in [1.807, 2.05) is 0 Å². The molecule has 0 N–H and O–H groups in total. The summed E-state index contributed by atoms with van der Waals surface area (Å²) in [6.45, 7) is 3.04. The Hall–Kier alpha value is -1.57. The van der Waals surface area contributed by atoms with E-state index in [9.17, 15) is 0 Å². The Labute approximate surface area is 109 Å². The Bertz CT molecular complexity index is 448. The molecule has 2 nitrogen and oxygen atoms in total. The lowest BCUT2D eigenvalue weighted by Gasteiger charge is -2.12. The van der Waals surface area contributed by atoms with Gasteiger partial charge in [0.2, 0.25) is 0 Å². The molecule has 0 spiro atoms. The van der Waals surface area contributed by atoms with E-state index in [2.05, 4.69) is 48.3 Å². The lowest BCUT2D eigenvalue weighted by atomic mass is 10.00. The number of hydrogen-bond donors (Lipinski definition) is 0. The minimum absolute atomic E-state index is 0.331. The molecule has 96 valence electrons. The van der Waals surface area contributed by atoms with Gasteiger partial charge in [0.25, 0.3) is 0 Å². The molecule has 1 heterocycles. The van der Waals surface area contributed by atoms with Gasteiger partial charge in [0.15, 0.2) is 5.90 Å². The molecule has 0 radical (unpaired) electrons. The number of ether oxygens (including phenoxy) is 1. The van der Waals surface area contributed by atoms with Crippen molar-refractivity contribution in [3.8, 4) is 0 Å². The molecule has 1 unspecified atom stereocenters. The number of methoxy groups -OCH3 is 1. The van der Waals surface area contributed by atoms with Gasteiger partial charge in [-0.1, -0.05) is 42.8 Å². The van der Waals surface area contributed by atoms with Gasteiger partial charge in [-0.3, -0.25) is 4.99 Å². The van der Waals surface area contributed by atoms with Crippen LogP contribution in [0.5, 0.6) is 0 Å². The van der Waals surface area contributed by atoms with Gasteiger partial charge in [-0.2, -0.15) is 0 Å². The van der Waals surface area contributed by atoms with E-state index < -0.39 is 0 Å². The van der Waals surface area contributed by atoms with Gasteiger partial charge < -0.3 is 4.74 Å². The highest BCUT2D eigenvalue weighted by atomic mass is 16.5. The molecule has 2 heteroatoms. The number of aliphatic imine (C=N–C) groups is 1. The summed E-state index contributed by atoms with van der Waals surface area (Å²) in [5, 5.41) is 0. The average molecular weight is 243 g/mol. The van der Waals surface area contributed by atoms with Gasteiger partial charge in [-0.15, -0.1) is 0 Å². The summed E-state index contributed by atoms with van der Waals surface area (Å²) >= 11 is 0. The molecule has 1 aromatic rings. The Balaban J connectivity index is 2.14. The van der Waals surface area contributed by atoms with Crippen LogP contribution in [0.1, 0.15) is 30.4 Å². The molecule has 0 saturated heterocycles. The van der Waals surface area contributed by atoms with Crippen LogP contribution in [-0.4, -0.2) is 19.6 Å². The number of benzene rings is 1. The maximum absolute atomic E-state index is 5.40. The van der Waals surface area contributed by atoms with Crippen molar-refractivity contribution in [3.63, 3.8) is 0 Å². The molecule has 18 heavy (non-hydrogen) atoms. The van der Waals surface area contributed by atoms with Crippen LogP contribution in [0.25, 0.3) is 6.08 Å². The van der Waals surface area contributed by atoms with E-state index in [0.717, 1.165) is 18.9 Å². The quantitative estimate of drug-likeness (QED) is 0.773. The van der Waals surface area contributed by atoms with Gasteiger partial charge in [0, 0.05) is 6.54 Å². The number of aryl methyl sites for hydroxylation is 1. The molecule has 0 amide bonds. The van der Waals surface area contributed by atoms with Gasteiger partial charge in [-0.25, -0.2) is 0 Å². The Kier molecular flexibility index (Phi) is 4.57. The zero-order chi connectivity index (χ0) is 12.8. The van der Waals surface area contributed by atoms with Crippen LogP contribution in [-0.2, 0) is 4.74 Å². The molecule has 2 rings (SSSR count). The average Bonchev–Trinajstić information content (AvgIpc) is 2.62. The van der Waals surface area contributed by atoms with Crippen molar-refractivity contribution in [2.24, 2.45) is 10.9 Å². The smallest absolute Gasteiger partial charge is 0.190 e. The fourth-order valence-electron chi connectivity index (χ4n) is 2.29. The van der Waals surface area contributed by atoms with Crippen LogP contribution in [0, 0.1) is 12.8 Å². The first-order valence-corrected chi connectivity index (χ1v) is 6.63. The van der Waals surface area contributed by atoms with Crippen LogP contribution in [0.3, 0.4) is 0 Å². The minimum Gasteiger partial charge on any atom is -0.484 e. The normalized spacial score (nSPS) is 20.6. The third-order valence-corrected chi connectivity index (χ3v) is 3.41. The molecule has 0 aliphatic carbocycles. The second kappa shape index (κ2) is 6.39. The maximum atomic E-state index is 5.40. The number of rotatable bonds is 2. The van der Waals surface area contributed by atoms with Crippen LogP contribution in [0.2, 0.25) is 0 Å². The summed E-state index contributed by atoms with van der Waals surface area (Å²) < 4.78 is 5.40. The molecule has 0 fully saturated rings. The first-order chi connectivity index (χ1) is 8.81. The van der Waals surface area contributed by atoms with Crippen molar-refractivity contribution in [2.45, 2.75) is 26.2 Å². The molecular formula is C16H21NO. The molecular weight excluding hydrogens is 222 g/mol. The first kappa shape index (κ1) is 12.9. The van der Waals surface area contributed by atoms with Crippen molar-refractivity contribution >= 4 is 12.0 Å². The molecule has 0 aromatic heterocycles. The summed E-state index contributed by atoms with van der Waals surface area (Å²) in [5.41, 5.74) is 2.58. The summed E-state index contributed by atoms with van der Waals surface area (Å²) in [5.74, 6) is 1.22. The SMILES string of the molecule is COC1=NCCCCC1C=Cc1ccccc1C. The summed E-state index contributed by atoms with van der Waals surface area (Å²) in [7, 11) is 1.72. The van der Waals surface area contributed by atoms with Crippen molar-refractivity contribution in [2.75, 3.05) is 13.7 Å². The maximum Gasteiger partial charge on any atom is 0.190 e. The largest absolute Gasteiger partial charge is 0.484 e. The second-order valence-corrected chi connectivity index (χ2v) is 4.74. The summed E-state index contributed by atoms with van der Waals surface area (Å²) in [6, 6.07) is 8.43. The van der Waals surface area contributed by atoms with Gasteiger partial charge >= 0.3 is 0 Å². The van der Waals surface area contributed by atoms with E-state index in [-0.39, 0.29) is 0 Å². The summed E-state index contributed by atoms with van der Waals surface area (Å²) in [6.07, 6.45) is 7.95. The van der Waals surface area contributed by atoms with E-state index in [0.29, 0.717) is 5.92 Å². The highest BCUT2D eigenvalue weighted by Crippen LogP contribution is 2.19. The lowest BCUT2D eigenvalue weighted by molar-refractivity contribution is 0.374. The van der Waals surface area contributed by atoms with Gasteiger partial charge in [0.05, 0.1) is 13.0 Å². The molecule has 1 aliphatic rings. The van der Waals surface area contributed by atoms with Gasteiger partial charge in [-0.05, 0) is 30.9 Å². The standard InChI is InChI=1S/C16H21NO/c1-13-7-3-4-8-14(13)10-11-15-9-5-6-12-17-16(15)18-2/h3-4,7-8,10-11,15H,5-6,9,12H2,1-2H3. The fourth-order valence-corrected chi connectivity index (χ4v) is 2.29. The zero-order valence-electron chi connectivity index (χ0n) is 11.2. The van der Waals surface area contributed by atoms with Crippen molar-refractivity contribution < 1.29 is 4.74 Å². The number of nitrogens with zero attached hydrogens (tertiary/aromatic N) is 1. The molecule has 0 saturated carbocycles. The first-order valence-electron chi connectivity index (χ1n) is 6.63. The van der Waals surface area contributed by atoms with Crippen LogP contribution in [0.15, 0.2) is 35.3 Å². The highest BCUT2D eigenvalue weighted by Gasteiger charge is 2.15. The minimum atomic E-state index is 0.331. The molecule has 1 aromatic carbocycles. The van der Waals surface area contributed by atoms with Crippen molar-refractivity contribution in [1.82, 2.24) is 0 Å². The van der Waals surface area contributed by atoms with Crippen molar-refractivity contribution in [3.05, 3.63) is 41.5 Å². The van der Waals surface area contributed by atoms with E-state index in [1.54, 1.807) is 7.11 Å². The third kappa shape index (κ3) is 3.22. The molecule has 1 atom stereocenters. The predicted octanol–water partition coefficient (Wildman–Crippen LogP) is 3.85. The Morgan fingerprint density at radius 3 is 2.89 bits per heavy atom. The van der Waals surface area contributed by atoms with Crippen LogP contribution >= 0.6 is 0 Å². The lowest BCUT2D eigenvalue weighted by Crippen LogP contribution is -2.13.